The minimum Gasteiger partial charge on any atom is -0.306 e. The van der Waals surface area contributed by atoms with E-state index in [0.717, 1.165) is 48.1 Å². The molecule has 1 aromatic carbocycles. The summed E-state index contributed by atoms with van der Waals surface area (Å²) in [6, 6.07) is 6.24. The number of H-pyrrole nitrogens is 1. The molecule has 0 unspecified atom stereocenters. The average Bonchev–Trinajstić information content (AvgIpc) is 2.64. The molecule has 1 N–H and O–H groups in total. The molecule has 1 aliphatic carbocycles. The molecule has 0 bridgehead atoms. The van der Waals surface area contributed by atoms with Crippen molar-refractivity contribution >= 4 is 0 Å². The summed E-state index contributed by atoms with van der Waals surface area (Å²) >= 11 is 0. The normalized spacial score (nSPS) is 14.7. The molecule has 0 atom stereocenters. The Balaban J connectivity index is 2.13. The van der Waals surface area contributed by atoms with Crippen LogP contribution in [0.25, 0.3) is 11.4 Å². The summed E-state index contributed by atoms with van der Waals surface area (Å²) in [7, 11) is 0. The van der Waals surface area contributed by atoms with Gasteiger partial charge in [-0.25, -0.2) is 4.98 Å². The Bertz CT molecular complexity index is 701. The number of benzene rings is 1. The van der Waals surface area contributed by atoms with Gasteiger partial charge in [-0.1, -0.05) is 30.2 Å². The maximum Gasteiger partial charge on any atom is 0.254 e. The molecule has 3 nitrogen and oxygen atoms in total. The highest BCUT2D eigenvalue weighted by molar-refractivity contribution is 5.60. The van der Waals surface area contributed by atoms with E-state index in [9.17, 15) is 4.79 Å². The summed E-state index contributed by atoms with van der Waals surface area (Å²) < 4.78 is 0. The number of hydrogen-bond acceptors (Lipinski definition) is 2. The maximum absolute atomic E-state index is 12.3. The SMILES string of the molecule is Cc1ccc(-c2nc3c(c(=O)[nH]2)CCCCC3)c(C)c1. The fourth-order valence-corrected chi connectivity index (χ4v) is 2.99. The largest absolute Gasteiger partial charge is 0.306 e. The number of aryl methyl sites for hydroxylation is 3. The molecule has 1 heterocycles. The second-order valence-electron chi connectivity index (χ2n) is 5.72. The highest BCUT2D eigenvalue weighted by Crippen LogP contribution is 2.23. The Morgan fingerprint density at radius 1 is 1.10 bits per heavy atom. The summed E-state index contributed by atoms with van der Waals surface area (Å²) in [4.78, 5) is 20.0. The first-order chi connectivity index (χ1) is 9.65. The van der Waals surface area contributed by atoms with Crippen LogP contribution < -0.4 is 5.56 Å². The lowest BCUT2D eigenvalue weighted by Gasteiger charge is -2.10. The average molecular weight is 268 g/mol. The molecule has 104 valence electrons. The zero-order valence-corrected chi connectivity index (χ0v) is 12.1. The van der Waals surface area contributed by atoms with Crippen LogP contribution in [0, 0.1) is 13.8 Å². The van der Waals surface area contributed by atoms with Gasteiger partial charge in [-0.3, -0.25) is 4.79 Å². The zero-order chi connectivity index (χ0) is 14.1. The quantitative estimate of drug-likeness (QED) is 0.806. The molecule has 0 radical (unpaired) electrons. The molecule has 3 heteroatoms. The number of fused-ring (bicyclic) bond motifs is 1. The molecule has 0 amide bonds. The second kappa shape index (κ2) is 5.23. The smallest absolute Gasteiger partial charge is 0.254 e. The van der Waals surface area contributed by atoms with E-state index < -0.39 is 0 Å². The van der Waals surface area contributed by atoms with Crippen LogP contribution in [0.2, 0.25) is 0 Å². The molecule has 20 heavy (non-hydrogen) atoms. The van der Waals surface area contributed by atoms with Crippen molar-refractivity contribution in [1.29, 1.82) is 0 Å². The lowest BCUT2D eigenvalue weighted by atomic mass is 10.0. The van der Waals surface area contributed by atoms with Gasteiger partial charge in [0.15, 0.2) is 0 Å². The molecular weight excluding hydrogens is 248 g/mol. The fourth-order valence-electron chi connectivity index (χ4n) is 2.99. The minimum absolute atomic E-state index is 0.0480. The van der Waals surface area contributed by atoms with Gasteiger partial charge in [-0.05, 0) is 45.1 Å². The molecule has 0 spiro atoms. The van der Waals surface area contributed by atoms with Crippen molar-refractivity contribution in [3.05, 3.63) is 50.9 Å². The van der Waals surface area contributed by atoms with Crippen LogP contribution in [0.3, 0.4) is 0 Å². The number of aromatic nitrogens is 2. The van der Waals surface area contributed by atoms with Gasteiger partial charge in [0, 0.05) is 11.1 Å². The lowest BCUT2D eigenvalue weighted by Crippen LogP contribution is -2.18. The van der Waals surface area contributed by atoms with E-state index in [1.54, 1.807) is 0 Å². The summed E-state index contributed by atoms with van der Waals surface area (Å²) in [6.07, 6.45) is 5.22. The molecule has 3 rings (SSSR count). The van der Waals surface area contributed by atoms with Crippen molar-refractivity contribution in [2.45, 2.75) is 46.0 Å². The molecule has 0 saturated heterocycles. The van der Waals surface area contributed by atoms with Crippen LogP contribution in [0.1, 0.15) is 41.6 Å². The number of aromatic amines is 1. The lowest BCUT2D eigenvalue weighted by molar-refractivity contribution is 0.708. The van der Waals surface area contributed by atoms with E-state index >= 15 is 0 Å². The number of nitrogens with one attached hydrogen (secondary N) is 1. The Morgan fingerprint density at radius 3 is 2.70 bits per heavy atom. The van der Waals surface area contributed by atoms with Crippen molar-refractivity contribution in [1.82, 2.24) is 9.97 Å². The summed E-state index contributed by atoms with van der Waals surface area (Å²) in [6.45, 7) is 4.14. The third kappa shape index (κ3) is 2.40. The Morgan fingerprint density at radius 2 is 1.90 bits per heavy atom. The first kappa shape index (κ1) is 13.1. The third-order valence-corrected chi connectivity index (χ3v) is 4.08. The molecular formula is C17H20N2O. The van der Waals surface area contributed by atoms with Crippen LogP contribution in [-0.2, 0) is 12.8 Å². The first-order valence-electron chi connectivity index (χ1n) is 7.35. The van der Waals surface area contributed by atoms with Gasteiger partial charge in [0.25, 0.3) is 5.56 Å². The van der Waals surface area contributed by atoms with E-state index in [0.29, 0.717) is 5.82 Å². The number of nitrogens with zero attached hydrogens (tertiary/aromatic N) is 1. The molecule has 1 aliphatic rings. The number of hydrogen-bond donors (Lipinski definition) is 1. The first-order valence-corrected chi connectivity index (χ1v) is 7.35. The summed E-state index contributed by atoms with van der Waals surface area (Å²) in [5.74, 6) is 0.716. The highest BCUT2D eigenvalue weighted by atomic mass is 16.1. The van der Waals surface area contributed by atoms with E-state index in [-0.39, 0.29) is 5.56 Å². The van der Waals surface area contributed by atoms with Crippen molar-refractivity contribution < 1.29 is 0 Å². The van der Waals surface area contributed by atoms with Gasteiger partial charge in [0.05, 0.1) is 5.69 Å². The molecule has 1 aromatic heterocycles. The topological polar surface area (TPSA) is 45.8 Å². The standard InChI is InChI=1S/C17H20N2O/c1-11-8-9-13(12(2)10-11)16-18-15-7-5-3-4-6-14(15)17(20)19-16/h8-10H,3-7H2,1-2H3,(H,18,19,20). The van der Waals surface area contributed by atoms with Gasteiger partial charge in [-0.15, -0.1) is 0 Å². The van der Waals surface area contributed by atoms with Gasteiger partial charge >= 0.3 is 0 Å². The van der Waals surface area contributed by atoms with Crippen molar-refractivity contribution in [3.63, 3.8) is 0 Å². The van der Waals surface area contributed by atoms with E-state index in [2.05, 4.69) is 31.0 Å². The van der Waals surface area contributed by atoms with Crippen molar-refractivity contribution in [2.75, 3.05) is 0 Å². The molecule has 0 saturated carbocycles. The molecule has 0 aliphatic heterocycles. The third-order valence-electron chi connectivity index (χ3n) is 4.08. The Labute approximate surface area is 119 Å². The fraction of sp³-hybridized carbons (Fsp3) is 0.412. The van der Waals surface area contributed by atoms with Crippen LogP contribution in [0.4, 0.5) is 0 Å². The van der Waals surface area contributed by atoms with Crippen LogP contribution >= 0.6 is 0 Å². The van der Waals surface area contributed by atoms with Gasteiger partial charge in [0.1, 0.15) is 5.82 Å². The van der Waals surface area contributed by atoms with E-state index in [1.165, 1.54) is 12.0 Å². The van der Waals surface area contributed by atoms with Crippen LogP contribution in [0.5, 0.6) is 0 Å². The minimum atomic E-state index is 0.0480. The summed E-state index contributed by atoms with van der Waals surface area (Å²) in [5.41, 5.74) is 5.36. The van der Waals surface area contributed by atoms with Crippen molar-refractivity contribution in [2.24, 2.45) is 0 Å². The second-order valence-corrected chi connectivity index (χ2v) is 5.72. The molecule has 0 fully saturated rings. The zero-order valence-electron chi connectivity index (χ0n) is 12.1. The van der Waals surface area contributed by atoms with Crippen LogP contribution in [0.15, 0.2) is 23.0 Å². The predicted molar refractivity (Wildman–Crippen MR) is 81.0 cm³/mol. The van der Waals surface area contributed by atoms with E-state index in [1.807, 2.05) is 6.07 Å². The maximum atomic E-state index is 12.3. The highest BCUT2D eigenvalue weighted by Gasteiger charge is 2.15. The Kier molecular flexibility index (Phi) is 3.43. The van der Waals surface area contributed by atoms with Gasteiger partial charge in [-0.2, -0.15) is 0 Å². The van der Waals surface area contributed by atoms with Crippen LogP contribution in [-0.4, -0.2) is 9.97 Å². The van der Waals surface area contributed by atoms with Crippen molar-refractivity contribution in [3.8, 4) is 11.4 Å². The van der Waals surface area contributed by atoms with Gasteiger partial charge < -0.3 is 4.98 Å². The number of rotatable bonds is 1. The Hall–Kier alpha value is -1.90. The predicted octanol–water partition coefficient (Wildman–Crippen LogP) is 3.32. The molecule has 2 aromatic rings. The monoisotopic (exact) mass is 268 g/mol. The summed E-state index contributed by atoms with van der Waals surface area (Å²) in [5, 5.41) is 0. The van der Waals surface area contributed by atoms with E-state index in [4.69, 9.17) is 4.98 Å². The van der Waals surface area contributed by atoms with Gasteiger partial charge in [0.2, 0.25) is 0 Å².